The Kier molecular flexibility index (Phi) is 3.26. The smallest absolute Gasteiger partial charge is 0.303 e. The first-order valence-corrected chi connectivity index (χ1v) is 5.79. The number of rotatable bonds is 3. The summed E-state index contributed by atoms with van der Waals surface area (Å²) in [5.41, 5.74) is 0. The molecular formula is C11H19NO3. The van der Waals surface area contributed by atoms with Crippen molar-refractivity contribution in [2.45, 2.75) is 44.2 Å². The molecule has 0 spiro atoms. The summed E-state index contributed by atoms with van der Waals surface area (Å²) in [4.78, 5) is 12.9. The second kappa shape index (κ2) is 4.49. The van der Waals surface area contributed by atoms with Crippen LogP contribution in [0.25, 0.3) is 0 Å². The lowest BCUT2D eigenvalue weighted by atomic mass is 10.0. The van der Waals surface area contributed by atoms with Crippen LogP contribution >= 0.6 is 0 Å². The van der Waals surface area contributed by atoms with Crippen LogP contribution in [-0.4, -0.2) is 46.3 Å². The highest BCUT2D eigenvalue weighted by molar-refractivity contribution is 5.67. The molecular weight excluding hydrogens is 194 g/mol. The third kappa shape index (κ3) is 2.69. The Morgan fingerprint density at radius 2 is 2.13 bits per heavy atom. The van der Waals surface area contributed by atoms with Crippen LogP contribution in [0.5, 0.6) is 0 Å². The van der Waals surface area contributed by atoms with E-state index in [4.69, 9.17) is 5.11 Å². The minimum atomic E-state index is -0.679. The molecule has 3 unspecified atom stereocenters. The van der Waals surface area contributed by atoms with Gasteiger partial charge in [-0.05, 0) is 31.6 Å². The summed E-state index contributed by atoms with van der Waals surface area (Å²) in [6.07, 6.45) is 4.16. The van der Waals surface area contributed by atoms with Crippen LogP contribution in [0.15, 0.2) is 0 Å². The van der Waals surface area contributed by atoms with Gasteiger partial charge in [-0.1, -0.05) is 0 Å². The summed E-state index contributed by atoms with van der Waals surface area (Å²) in [7, 11) is 0. The van der Waals surface area contributed by atoms with Crippen molar-refractivity contribution in [2.75, 3.05) is 13.1 Å². The zero-order valence-electron chi connectivity index (χ0n) is 8.93. The highest BCUT2D eigenvalue weighted by Crippen LogP contribution is 2.33. The topological polar surface area (TPSA) is 60.8 Å². The molecule has 1 saturated heterocycles. The Hall–Kier alpha value is -0.610. The van der Waals surface area contributed by atoms with E-state index in [0.717, 1.165) is 38.8 Å². The summed E-state index contributed by atoms with van der Waals surface area (Å²) >= 11 is 0. The van der Waals surface area contributed by atoms with Crippen LogP contribution < -0.4 is 0 Å². The van der Waals surface area contributed by atoms with Crippen LogP contribution in [0.4, 0.5) is 0 Å². The van der Waals surface area contributed by atoms with E-state index in [9.17, 15) is 9.90 Å². The van der Waals surface area contributed by atoms with Crippen molar-refractivity contribution in [1.29, 1.82) is 0 Å². The first kappa shape index (κ1) is 10.9. The highest BCUT2D eigenvalue weighted by atomic mass is 16.4. The fraction of sp³-hybridized carbons (Fsp3) is 0.909. The van der Waals surface area contributed by atoms with Gasteiger partial charge in [-0.25, -0.2) is 0 Å². The number of aliphatic hydroxyl groups is 1. The molecule has 1 heterocycles. The lowest BCUT2D eigenvalue weighted by Gasteiger charge is -2.23. The monoisotopic (exact) mass is 213 g/mol. The number of carbonyl (C=O) groups is 1. The predicted octanol–water partition coefficient (Wildman–Crippen LogP) is 0.696. The first-order valence-electron chi connectivity index (χ1n) is 5.79. The molecule has 2 aliphatic rings. The fourth-order valence-corrected chi connectivity index (χ4v) is 2.91. The fourth-order valence-electron chi connectivity index (χ4n) is 2.91. The highest BCUT2D eigenvalue weighted by Gasteiger charge is 2.33. The third-order valence-corrected chi connectivity index (χ3v) is 3.69. The predicted molar refractivity (Wildman–Crippen MR) is 55.6 cm³/mol. The molecule has 0 aromatic heterocycles. The Labute approximate surface area is 89.9 Å². The Morgan fingerprint density at radius 3 is 2.73 bits per heavy atom. The molecule has 4 nitrogen and oxygen atoms in total. The zero-order chi connectivity index (χ0) is 10.8. The molecule has 0 amide bonds. The molecule has 0 radical (unpaired) electrons. The van der Waals surface area contributed by atoms with Gasteiger partial charge in [0.15, 0.2) is 0 Å². The molecule has 15 heavy (non-hydrogen) atoms. The summed E-state index contributed by atoms with van der Waals surface area (Å²) < 4.78 is 0. The van der Waals surface area contributed by atoms with Crippen molar-refractivity contribution in [1.82, 2.24) is 4.90 Å². The molecule has 0 bridgehead atoms. The number of carboxylic acid groups (broad SMARTS) is 1. The van der Waals surface area contributed by atoms with Crippen molar-refractivity contribution in [3.05, 3.63) is 0 Å². The van der Waals surface area contributed by atoms with E-state index in [1.165, 1.54) is 0 Å². The molecule has 2 fully saturated rings. The van der Waals surface area contributed by atoms with Gasteiger partial charge in [0.1, 0.15) is 0 Å². The summed E-state index contributed by atoms with van der Waals surface area (Å²) in [5.74, 6) is -0.327. The Bertz CT molecular complexity index is 244. The largest absolute Gasteiger partial charge is 0.481 e. The van der Waals surface area contributed by atoms with E-state index in [2.05, 4.69) is 4.90 Å². The van der Waals surface area contributed by atoms with E-state index in [1.807, 2.05) is 0 Å². The molecule has 1 aliphatic carbocycles. The average molecular weight is 213 g/mol. The molecule has 1 saturated carbocycles. The van der Waals surface area contributed by atoms with Crippen molar-refractivity contribution in [3.8, 4) is 0 Å². The summed E-state index contributed by atoms with van der Waals surface area (Å²) in [5, 5.41) is 18.1. The van der Waals surface area contributed by atoms with Gasteiger partial charge in [0.05, 0.1) is 6.10 Å². The van der Waals surface area contributed by atoms with E-state index in [1.54, 1.807) is 0 Å². The van der Waals surface area contributed by atoms with Crippen LogP contribution in [0.1, 0.15) is 32.1 Å². The summed E-state index contributed by atoms with van der Waals surface area (Å²) in [6, 6.07) is 0.520. The Balaban J connectivity index is 1.79. The number of carboxylic acids is 1. The minimum absolute atomic E-state index is 0.163. The second-order valence-corrected chi connectivity index (χ2v) is 4.87. The van der Waals surface area contributed by atoms with Gasteiger partial charge in [-0.2, -0.15) is 0 Å². The van der Waals surface area contributed by atoms with Gasteiger partial charge in [-0.15, -0.1) is 0 Å². The van der Waals surface area contributed by atoms with Crippen molar-refractivity contribution in [3.63, 3.8) is 0 Å². The molecule has 0 aromatic rings. The molecule has 4 heteroatoms. The van der Waals surface area contributed by atoms with Crippen LogP contribution in [0, 0.1) is 5.92 Å². The minimum Gasteiger partial charge on any atom is -0.481 e. The summed E-state index contributed by atoms with van der Waals surface area (Å²) in [6.45, 7) is 1.76. The van der Waals surface area contributed by atoms with Gasteiger partial charge in [0.2, 0.25) is 0 Å². The maximum Gasteiger partial charge on any atom is 0.303 e. The number of hydrogen-bond acceptors (Lipinski definition) is 3. The zero-order valence-corrected chi connectivity index (χ0v) is 8.93. The SMILES string of the molecule is O=C(O)CC1CCC(N2CCC(O)C2)C1. The molecule has 2 rings (SSSR count). The van der Waals surface area contributed by atoms with E-state index < -0.39 is 5.97 Å². The standard InChI is InChI=1S/C11H19NO3/c13-10-3-4-12(7-10)9-2-1-8(5-9)6-11(14)15/h8-10,13H,1-7H2,(H,14,15). The molecule has 3 atom stereocenters. The van der Waals surface area contributed by atoms with Gasteiger partial charge in [0, 0.05) is 25.6 Å². The number of nitrogens with zero attached hydrogens (tertiary/aromatic N) is 1. The number of likely N-dealkylation sites (tertiary alicyclic amines) is 1. The molecule has 86 valence electrons. The number of β-amino-alcohol motifs (C(OH)–C–C–N with tert-alkyl or cyclic N) is 1. The van der Waals surface area contributed by atoms with Crippen LogP contribution in [0.2, 0.25) is 0 Å². The maximum absolute atomic E-state index is 10.6. The third-order valence-electron chi connectivity index (χ3n) is 3.69. The van der Waals surface area contributed by atoms with Crippen LogP contribution in [0.3, 0.4) is 0 Å². The lowest BCUT2D eigenvalue weighted by Crippen LogP contribution is -2.32. The Morgan fingerprint density at radius 1 is 1.33 bits per heavy atom. The van der Waals surface area contributed by atoms with E-state index in [0.29, 0.717) is 18.4 Å². The van der Waals surface area contributed by atoms with Crippen LogP contribution in [-0.2, 0) is 4.79 Å². The quantitative estimate of drug-likeness (QED) is 0.724. The molecule has 0 aromatic carbocycles. The average Bonchev–Trinajstić information content (AvgIpc) is 2.72. The lowest BCUT2D eigenvalue weighted by molar-refractivity contribution is -0.138. The molecule has 1 aliphatic heterocycles. The maximum atomic E-state index is 10.6. The second-order valence-electron chi connectivity index (χ2n) is 4.87. The molecule has 2 N–H and O–H groups in total. The number of aliphatic hydroxyl groups excluding tert-OH is 1. The number of hydrogen-bond donors (Lipinski definition) is 2. The van der Waals surface area contributed by atoms with Crippen molar-refractivity contribution >= 4 is 5.97 Å². The van der Waals surface area contributed by atoms with Gasteiger partial charge >= 0.3 is 5.97 Å². The van der Waals surface area contributed by atoms with E-state index in [-0.39, 0.29) is 6.10 Å². The van der Waals surface area contributed by atoms with Gasteiger partial charge in [-0.3, -0.25) is 9.69 Å². The van der Waals surface area contributed by atoms with Crippen molar-refractivity contribution in [2.24, 2.45) is 5.92 Å². The number of aliphatic carboxylic acids is 1. The normalized spacial score (nSPS) is 37.3. The first-order chi connectivity index (χ1) is 7.15. The van der Waals surface area contributed by atoms with E-state index >= 15 is 0 Å². The van der Waals surface area contributed by atoms with Gasteiger partial charge in [0.25, 0.3) is 0 Å². The van der Waals surface area contributed by atoms with Crippen molar-refractivity contribution < 1.29 is 15.0 Å². The van der Waals surface area contributed by atoms with Gasteiger partial charge < -0.3 is 10.2 Å².